The Kier molecular flexibility index (Phi) is 3.89. The average Bonchev–Trinajstić information content (AvgIpc) is 2.40. The van der Waals surface area contributed by atoms with Gasteiger partial charge in [0.25, 0.3) is 0 Å². The molecule has 0 aliphatic rings. The van der Waals surface area contributed by atoms with Crippen molar-refractivity contribution in [2.24, 2.45) is 0 Å². The van der Waals surface area contributed by atoms with Gasteiger partial charge < -0.3 is 9.84 Å². The van der Waals surface area contributed by atoms with Crippen LogP contribution in [0.3, 0.4) is 0 Å². The van der Waals surface area contributed by atoms with Crippen LogP contribution in [0.2, 0.25) is 0 Å². The largest absolute Gasteiger partial charge is 0.491 e. The van der Waals surface area contributed by atoms with Crippen molar-refractivity contribution in [3.05, 3.63) is 65.7 Å². The zero-order valence-electron chi connectivity index (χ0n) is 9.51. The quantitative estimate of drug-likeness (QED) is 0.903. The predicted molar refractivity (Wildman–Crippen MR) is 63.3 cm³/mol. The Bertz CT molecular complexity index is 514. The first-order chi connectivity index (χ1) is 8.68. The van der Waals surface area contributed by atoms with E-state index in [4.69, 9.17) is 4.74 Å². The van der Waals surface area contributed by atoms with Crippen LogP contribution in [-0.4, -0.2) is 11.7 Å². The first-order valence-corrected chi connectivity index (χ1v) is 5.48. The molecule has 1 atom stereocenters. The molecule has 1 N–H and O–H groups in total. The fraction of sp³-hybridized carbons (Fsp3) is 0.143. The first kappa shape index (κ1) is 12.5. The molecule has 0 aliphatic carbocycles. The highest BCUT2D eigenvalue weighted by molar-refractivity contribution is 5.23. The highest BCUT2D eigenvalue weighted by Crippen LogP contribution is 2.20. The smallest absolute Gasteiger partial charge is 0.164 e. The standard InChI is InChI=1S/C14H12F2O2/c15-12-8-4-7-11(14(12)16)13(17)9-18-10-5-2-1-3-6-10/h1-8,13,17H,9H2. The third kappa shape index (κ3) is 2.84. The fourth-order valence-electron chi connectivity index (χ4n) is 1.56. The van der Waals surface area contributed by atoms with Gasteiger partial charge in [0, 0.05) is 5.56 Å². The van der Waals surface area contributed by atoms with Crippen molar-refractivity contribution in [3.8, 4) is 5.75 Å². The summed E-state index contributed by atoms with van der Waals surface area (Å²) in [7, 11) is 0. The van der Waals surface area contributed by atoms with E-state index in [9.17, 15) is 13.9 Å². The Morgan fingerprint density at radius 3 is 2.44 bits per heavy atom. The van der Waals surface area contributed by atoms with E-state index in [2.05, 4.69) is 0 Å². The van der Waals surface area contributed by atoms with Gasteiger partial charge in [-0.2, -0.15) is 0 Å². The molecule has 2 nitrogen and oxygen atoms in total. The van der Waals surface area contributed by atoms with Crippen LogP contribution in [0.1, 0.15) is 11.7 Å². The number of aliphatic hydroxyl groups is 1. The van der Waals surface area contributed by atoms with Crippen LogP contribution in [0.4, 0.5) is 8.78 Å². The summed E-state index contributed by atoms with van der Waals surface area (Å²) >= 11 is 0. The Morgan fingerprint density at radius 2 is 1.72 bits per heavy atom. The Labute approximate surface area is 103 Å². The van der Waals surface area contributed by atoms with E-state index in [1.165, 1.54) is 12.1 Å². The number of ether oxygens (including phenoxy) is 1. The summed E-state index contributed by atoms with van der Waals surface area (Å²) in [6.45, 7) is -0.135. The molecule has 0 amide bonds. The van der Waals surface area contributed by atoms with Gasteiger partial charge in [0.05, 0.1) is 0 Å². The van der Waals surface area contributed by atoms with E-state index in [0.29, 0.717) is 5.75 Å². The molecule has 0 bridgehead atoms. The number of benzene rings is 2. The fourth-order valence-corrected chi connectivity index (χ4v) is 1.56. The van der Waals surface area contributed by atoms with Gasteiger partial charge in [0.15, 0.2) is 11.6 Å². The second-order valence-corrected chi connectivity index (χ2v) is 3.78. The second kappa shape index (κ2) is 5.60. The maximum Gasteiger partial charge on any atom is 0.164 e. The maximum absolute atomic E-state index is 13.4. The zero-order valence-corrected chi connectivity index (χ0v) is 9.51. The van der Waals surface area contributed by atoms with Gasteiger partial charge in [-0.05, 0) is 18.2 Å². The molecule has 0 radical (unpaired) electrons. The second-order valence-electron chi connectivity index (χ2n) is 3.78. The van der Waals surface area contributed by atoms with Crippen molar-refractivity contribution in [2.75, 3.05) is 6.61 Å². The summed E-state index contributed by atoms with van der Waals surface area (Å²) in [6.07, 6.45) is -1.21. The summed E-state index contributed by atoms with van der Waals surface area (Å²) in [5, 5.41) is 9.76. The lowest BCUT2D eigenvalue weighted by molar-refractivity contribution is 0.104. The highest BCUT2D eigenvalue weighted by atomic mass is 19.2. The van der Waals surface area contributed by atoms with E-state index >= 15 is 0 Å². The molecule has 0 saturated heterocycles. The van der Waals surface area contributed by atoms with Gasteiger partial charge in [-0.25, -0.2) is 8.78 Å². The number of halogens is 2. The topological polar surface area (TPSA) is 29.5 Å². The van der Waals surface area contributed by atoms with Crippen LogP contribution in [0.5, 0.6) is 5.75 Å². The van der Waals surface area contributed by atoms with E-state index in [0.717, 1.165) is 6.07 Å². The molecule has 2 aromatic rings. The molecule has 94 valence electrons. The van der Waals surface area contributed by atoms with E-state index < -0.39 is 17.7 Å². The van der Waals surface area contributed by atoms with Gasteiger partial charge in [-0.1, -0.05) is 30.3 Å². The summed E-state index contributed by atoms with van der Waals surface area (Å²) in [5.41, 5.74) is -0.106. The van der Waals surface area contributed by atoms with Gasteiger partial charge in [0.1, 0.15) is 18.5 Å². The molecule has 0 heterocycles. The minimum absolute atomic E-state index is 0.106. The molecular formula is C14H12F2O2. The third-order valence-electron chi connectivity index (χ3n) is 2.49. The van der Waals surface area contributed by atoms with Crippen molar-refractivity contribution >= 4 is 0 Å². The molecule has 18 heavy (non-hydrogen) atoms. The molecule has 0 aromatic heterocycles. The minimum Gasteiger partial charge on any atom is -0.491 e. The monoisotopic (exact) mass is 250 g/mol. The summed E-state index contributed by atoms with van der Waals surface area (Å²) in [5.74, 6) is -1.46. The van der Waals surface area contributed by atoms with Gasteiger partial charge in [-0.3, -0.25) is 0 Å². The zero-order chi connectivity index (χ0) is 13.0. The third-order valence-corrected chi connectivity index (χ3v) is 2.49. The molecule has 2 rings (SSSR count). The van der Waals surface area contributed by atoms with Crippen LogP contribution in [0.15, 0.2) is 48.5 Å². The molecule has 2 aromatic carbocycles. The van der Waals surface area contributed by atoms with E-state index in [1.807, 2.05) is 6.07 Å². The summed E-state index contributed by atoms with van der Waals surface area (Å²) in [4.78, 5) is 0. The van der Waals surface area contributed by atoms with E-state index in [1.54, 1.807) is 24.3 Å². The lowest BCUT2D eigenvalue weighted by Gasteiger charge is -2.13. The lowest BCUT2D eigenvalue weighted by Crippen LogP contribution is -2.12. The van der Waals surface area contributed by atoms with Crippen LogP contribution in [-0.2, 0) is 0 Å². The van der Waals surface area contributed by atoms with Crippen LogP contribution in [0.25, 0.3) is 0 Å². The van der Waals surface area contributed by atoms with Crippen LogP contribution < -0.4 is 4.74 Å². The number of hydrogen-bond donors (Lipinski definition) is 1. The van der Waals surface area contributed by atoms with Gasteiger partial charge in [-0.15, -0.1) is 0 Å². The molecular weight excluding hydrogens is 238 g/mol. The van der Waals surface area contributed by atoms with Crippen molar-refractivity contribution in [2.45, 2.75) is 6.10 Å². The van der Waals surface area contributed by atoms with Crippen LogP contribution >= 0.6 is 0 Å². The van der Waals surface area contributed by atoms with Gasteiger partial charge in [0.2, 0.25) is 0 Å². The van der Waals surface area contributed by atoms with E-state index in [-0.39, 0.29) is 12.2 Å². The summed E-state index contributed by atoms with van der Waals surface area (Å²) in [6, 6.07) is 12.5. The first-order valence-electron chi connectivity index (χ1n) is 5.48. The maximum atomic E-state index is 13.4. The molecule has 0 spiro atoms. The van der Waals surface area contributed by atoms with Gasteiger partial charge >= 0.3 is 0 Å². The predicted octanol–water partition coefficient (Wildman–Crippen LogP) is 3.08. The Morgan fingerprint density at radius 1 is 1.00 bits per heavy atom. The minimum atomic E-state index is -1.21. The Hall–Kier alpha value is -1.94. The molecule has 0 aliphatic heterocycles. The van der Waals surface area contributed by atoms with Crippen molar-refractivity contribution in [1.82, 2.24) is 0 Å². The lowest BCUT2D eigenvalue weighted by atomic mass is 10.1. The number of aliphatic hydroxyl groups excluding tert-OH is 1. The number of hydrogen-bond acceptors (Lipinski definition) is 2. The normalized spacial score (nSPS) is 12.2. The molecule has 0 fully saturated rings. The molecule has 0 saturated carbocycles. The van der Waals surface area contributed by atoms with Crippen molar-refractivity contribution < 1.29 is 18.6 Å². The SMILES string of the molecule is OC(COc1ccccc1)c1cccc(F)c1F. The van der Waals surface area contributed by atoms with Crippen LogP contribution in [0, 0.1) is 11.6 Å². The van der Waals surface area contributed by atoms with Crippen molar-refractivity contribution in [3.63, 3.8) is 0 Å². The number of rotatable bonds is 4. The molecule has 4 heteroatoms. The number of para-hydroxylation sites is 1. The Balaban J connectivity index is 2.04. The summed E-state index contributed by atoms with van der Waals surface area (Å²) < 4.78 is 31.6. The van der Waals surface area contributed by atoms with Crippen molar-refractivity contribution in [1.29, 1.82) is 0 Å². The average molecular weight is 250 g/mol. The molecule has 1 unspecified atom stereocenters. The highest BCUT2D eigenvalue weighted by Gasteiger charge is 2.16.